The van der Waals surface area contributed by atoms with Crippen molar-refractivity contribution in [2.45, 2.75) is 18.9 Å². The van der Waals surface area contributed by atoms with E-state index in [4.69, 9.17) is 9.84 Å². The normalized spacial score (nSPS) is 17.7. The highest BCUT2D eigenvalue weighted by atomic mass is 35.5. The molecular weight excluding hydrogens is 314 g/mol. The number of aliphatic hydroxyl groups excluding tert-OH is 1. The van der Waals surface area contributed by atoms with Crippen LogP contribution in [0, 0.1) is 6.92 Å². The van der Waals surface area contributed by atoms with Gasteiger partial charge in [-0.2, -0.15) is 0 Å². The highest BCUT2D eigenvalue weighted by Gasteiger charge is 2.44. The van der Waals surface area contributed by atoms with Gasteiger partial charge in [0.2, 0.25) is 0 Å². The lowest BCUT2D eigenvalue weighted by atomic mass is 9.97. The molecule has 0 aromatic heterocycles. The number of aliphatic hydroxyl groups is 1. The van der Waals surface area contributed by atoms with Crippen LogP contribution >= 0.6 is 12.4 Å². The van der Waals surface area contributed by atoms with Crippen molar-refractivity contribution in [2.24, 2.45) is 0 Å². The van der Waals surface area contributed by atoms with Gasteiger partial charge in [-0.1, -0.05) is 12.1 Å². The van der Waals surface area contributed by atoms with Gasteiger partial charge in [-0.05, 0) is 24.1 Å². The van der Waals surface area contributed by atoms with Crippen molar-refractivity contribution < 1.29 is 18.6 Å². The first kappa shape index (κ1) is 19.1. The number of nitrogens with one attached hydrogen (secondary N) is 1. The molecule has 1 heterocycles. The van der Waals surface area contributed by atoms with Crippen LogP contribution in [0.15, 0.2) is 18.2 Å². The first-order valence-electron chi connectivity index (χ1n) is 7.07. The third kappa shape index (κ3) is 4.07. The van der Waals surface area contributed by atoms with Crippen LogP contribution in [0.4, 0.5) is 8.78 Å². The van der Waals surface area contributed by atoms with E-state index < -0.39 is 18.6 Å². The fraction of sp³-hybridized carbons (Fsp3) is 0.600. The molecule has 0 radical (unpaired) electrons. The number of piperazine rings is 1. The SMILES string of the molecule is COc1cc([C@H](N2CCNCC2)C(F)(F)CO)ccc1C.Cl. The summed E-state index contributed by atoms with van der Waals surface area (Å²) in [5, 5.41) is 12.3. The molecule has 0 spiro atoms. The second-order valence-corrected chi connectivity index (χ2v) is 5.34. The minimum absolute atomic E-state index is 0. The molecule has 22 heavy (non-hydrogen) atoms. The number of halogens is 3. The average molecular weight is 337 g/mol. The number of hydrogen-bond donors (Lipinski definition) is 2. The molecule has 1 aliphatic heterocycles. The lowest BCUT2D eigenvalue weighted by molar-refractivity contribution is -0.118. The molecule has 1 aromatic carbocycles. The monoisotopic (exact) mass is 336 g/mol. The van der Waals surface area contributed by atoms with Crippen LogP contribution in [0.3, 0.4) is 0 Å². The van der Waals surface area contributed by atoms with Crippen molar-refractivity contribution in [1.29, 1.82) is 0 Å². The fourth-order valence-electron chi connectivity index (χ4n) is 2.76. The first-order valence-corrected chi connectivity index (χ1v) is 7.07. The molecule has 0 unspecified atom stereocenters. The molecule has 0 saturated carbocycles. The molecule has 1 aromatic rings. The van der Waals surface area contributed by atoms with E-state index in [-0.39, 0.29) is 12.4 Å². The second-order valence-electron chi connectivity index (χ2n) is 5.34. The van der Waals surface area contributed by atoms with Gasteiger partial charge in [-0.15, -0.1) is 12.4 Å². The van der Waals surface area contributed by atoms with Gasteiger partial charge >= 0.3 is 0 Å². The highest BCUT2D eigenvalue weighted by molar-refractivity contribution is 5.85. The van der Waals surface area contributed by atoms with Crippen LogP contribution in [0.25, 0.3) is 0 Å². The topological polar surface area (TPSA) is 44.7 Å². The van der Waals surface area contributed by atoms with Gasteiger partial charge in [0, 0.05) is 26.2 Å². The van der Waals surface area contributed by atoms with Crippen molar-refractivity contribution >= 4 is 12.4 Å². The van der Waals surface area contributed by atoms with E-state index in [1.54, 1.807) is 23.1 Å². The van der Waals surface area contributed by atoms with Crippen molar-refractivity contribution in [3.63, 3.8) is 0 Å². The Balaban J connectivity index is 0.00000242. The van der Waals surface area contributed by atoms with Crippen LogP contribution < -0.4 is 10.1 Å². The number of methoxy groups -OCH3 is 1. The summed E-state index contributed by atoms with van der Waals surface area (Å²) >= 11 is 0. The molecule has 0 aliphatic carbocycles. The number of rotatable bonds is 5. The Kier molecular flexibility index (Phi) is 6.99. The van der Waals surface area contributed by atoms with Crippen LogP contribution in [0.5, 0.6) is 5.75 Å². The van der Waals surface area contributed by atoms with Gasteiger partial charge in [0.25, 0.3) is 5.92 Å². The van der Waals surface area contributed by atoms with Crippen molar-refractivity contribution in [3.8, 4) is 5.75 Å². The van der Waals surface area contributed by atoms with Gasteiger partial charge in [0.1, 0.15) is 18.4 Å². The molecule has 2 rings (SSSR count). The Bertz CT molecular complexity index is 483. The number of benzene rings is 1. The standard InChI is InChI=1S/C15H22F2N2O2.ClH/c1-11-3-4-12(9-13(11)21-2)14(15(16,17)10-20)19-7-5-18-6-8-19;/h3-4,9,14,18,20H,5-8,10H2,1-2H3;1H/t14-;/m0./s1. The number of nitrogens with zero attached hydrogens (tertiary/aromatic N) is 1. The zero-order valence-electron chi connectivity index (χ0n) is 12.8. The molecule has 1 aliphatic rings. The quantitative estimate of drug-likeness (QED) is 0.863. The minimum atomic E-state index is -3.20. The van der Waals surface area contributed by atoms with E-state index in [0.717, 1.165) is 5.56 Å². The van der Waals surface area contributed by atoms with E-state index in [9.17, 15) is 8.78 Å². The van der Waals surface area contributed by atoms with Crippen LogP contribution in [0.2, 0.25) is 0 Å². The number of aryl methyl sites for hydroxylation is 1. The van der Waals surface area contributed by atoms with E-state index in [2.05, 4.69) is 5.32 Å². The Morgan fingerprint density at radius 2 is 2.00 bits per heavy atom. The molecule has 1 atom stereocenters. The predicted molar refractivity (Wildman–Crippen MR) is 84.2 cm³/mol. The maximum atomic E-state index is 14.3. The van der Waals surface area contributed by atoms with Gasteiger partial charge in [-0.25, -0.2) is 8.78 Å². The molecule has 0 amide bonds. The Morgan fingerprint density at radius 1 is 1.36 bits per heavy atom. The van der Waals surface area contributed by atoms with E-state index in [1.807, 2.05) is 6.92 Å². The Hall–Kier alpha value is -0.950. The summed E-state index contributed by atoms with van der Waals surface area (Å²) in [5.74, 6) is -2.61. The smallest absolute Gasteiger partial charge is 0.289 e. The van der Waals surface area contributed by atoms with Gasteiger partial charge in [0.15, 0.2) is 0 Å². The summed E-state index contributed by atoms with van der Waals surface area (Å²) in [7, 11) is 1.52. The summed E-state index contributed by atoms with van der Waals surface area (Å²) in [5.41, 5.74) is 1.37. The average Bonchev–Trinajstić information content (AvgIpc) is 2.50. The fourth-order valence-corrected chi connectivity index (χ4v) is 2.76. The lowest BCUT2D eigenvalue weighted by Crippen LogP contribution is -2.51. The number of hydrogen-bond acceptors (Lipinski definition) is 4. The lowest BCUT2D eigenvalue weighted by Gasteiger charge is -2.38. The van der Waals surface area contributed by atoms with Crippen LogP contribution in [-0.2, 0) is 0 Å². The van der Waals surface area contributed by atoms with Gasteiger partial charge in [0.05, 0.1) is 7.11 Å². The molecule has 0 bridgehead atoms. The molecule has 1 fully saturated rings. The summed E-state index contributed by atoms with van der Waals surface area (Å²) in [6, 6.07) is 3.97. The summed E-state index contributed by atoms with van der Waals surface area (Å²) < 4.78 is 33.8. The zero-order valence-corrected chi connectivity index (χ0v) is 13.6. The van der Waals surface area contributed by atoms with E-state index >= 15 is 0 Å². The molecule has 2 N–H and O–H groups in total. The third-order valence-corrected chi connectivity index (χ3v) is 3.88. The van der Waals surface area contributed by atoms with E-state index in [1.165, 1.54) is 7.11 Å². The second kappa shape index (κ2) is 8.06. The third-order valence-electron chi connectivity index (χ3n) is 3.88. The molecular formula is C15H23ClF2N2O2. The highest BCUT2D eigenvalue weighted by Crippen LogP contribution is 2.38. The Labute approximate surface area is 135 Å². The summed E-state index contributed by atoms with van der Waals surface area (Å²) in [6.45, 7) is 3.08. The maximum Gasteiger partial charge on any atom is 0.289 e. The van der Waals surface area contributed by atoms with Crippen molar-refractivity contribution in [3.05, 3.63) is 29.3 Å². The zero-order chi connectivity index (χ0) is 15.5. The minimum Gasteiger partial charge on any atom is -0.496 e. The predicted octanol–water partition coefficient (Wildman–Crippen LogP) is 2.00. The first-order chi connectivity index (χ1) is 9.99. The van der Waals surface area contributed by atoms with Gasteiger partial charge < -0.3 is 15.2 Å². The van der Waals surface area contributed by atoms with E-state index in [0.29, 0.717) is 37.5 Å². The number of alkyl halides is 2. The molecule has 126 valence electrons. The molecule has 7 heteroatoms. The molecule has 4 nitrogen and oxygen atoms in total. The van der Waals surface area contributed by atoms with Gasteiger partial charge in [-0.3, -0.25) is 4.90 Å². The molecule has 1 saturated heterocycles. The van der Waals surface area contributed by atoms with Crippen LogP contribution in [0.1, 0.15) is 17.2 Å². The number of ether oxygens (including phenoxy) is 1. The van der Waals surface area contributed by atoms with Crippen LogP contribution in [-0.4, -0.2) is 55.8 Å². The van der Waals surface area contributed by atoms with Crippen molar-refractivity contribution in [2.75, 3.05) is 39.9 Å². The summed E-state index contributed by atoms with van der Waals surface area (Å²) in [4.78, 5) is 1.72. The summed E-state index contributed by atoms with van der Waals surface area (Å²) in [6.07, 6.45) is 0. The largest absolute Gasteiger partial charge is 0.496 e. The van der Waals surface area contributed by atoms with Crippen molar-refractivity contribution in [1.82, 2.24) is 10.2 Å². The maximum absolute atomic E-state index is 14.3. The Morgan fingerprint density at radius 3 is 2.55 bits per heavy atom.